The molecule has 33 heavy (non-hydrogen) atoms. The van der Waals surface area contributed by atoms with E-state index in [2.05, 4.69) is 34.3 Å². The van der Waals surface area contributed by atoms with E-state index in [4.69, 9.17) is 9.73 Å². The summed E-state index contributed by atoms with van der Waals surface area (Å²) in [6.45, 7) is 4.45. The Morgan fingerprint density at radius 1 is 1.12 bits per heavy atom. The van der Waals surface area contributed by atoms with Crippen LogP contribution in [0.1, 0.15) is 24.8 Å². The molecule has 0 saturated carbocycles. The van der Waals surface area contributed by atoms with Gasteiger partial charge in [-0.1, -0.05) is 17.7 Å². The fraction of sp³-hybridized carbons (Fsp3) is 0.320. The number of aromatic nitrogens is 1. The van der Waals surface area contributed by atoms with E-state index in [-0.39, 0.29) is 18.4 Å². The first-order valence-electron chi connectivity index (χ1n) is 11.2. The maximum Gasteiger partial charge on any atom is 0.262 e. The van der Waals surface area contributed by atoms with Crippen molar-refractivity contribution in [1.82, 2.24) is 9.47 Å². The van der Waals surface area contributed by atoms with Crippen molar-refractivity contribution in [3.8, 4) is 17.0 Å². The number of anilines is 1. The Kier molecular flexibility index (Phi) is 6.00. The van der Waals surface area contributed by atoms with Crippen molar-refractivity contribution < 1.29 is 14.3 Å². The van der Waals surface area contributed by atoms with Gasteiger partial charge in [-0.3, -0.25) is 9.59 Å². The van der Waals surface area contributed by atoms with Crippen LogP contribution in [0.4, 0.5) is 11.4 Å². The highest BCUT2D eigenvalue weighted by Crippen LogP contribution is 2.33. The first-order chi connectivity index (χ1) is 16.1. The van der Waals surface area contributed by atoms with Gasteiger partial charge in [0.15, 0.2) is 11.4 Å². The minimum atomic E-state index is -0.150. The van der Waals surface area contributed by atoms with Crippen LogP contribution in [0.25, 0.3) is 11.3 Å². The minimum absolute atomic E-state index is 0.0413. The molecule has 3 heterocycles. The van der Waals surface area contributed by atoms with Crippen molar-refractivity contribution in [2.45, 2.75) is 32.7 Å². The Hall–Kier alpha value is -3.39. The van der Waals surface area contributed by atoms with Crippen molar-refractivity contribution in [3.63, 3.8) is 0 Å². The van der Waals surface area contributed by atoms with Gasteiger partial charge in [-0.25, -0.2) is 4.99 Å². The van der Waals surface area contributed by atoms with E-state index >= 15 is 0 Å². The van der Waals surface area contributed by atoms with Crippen molar-refractivity contribution in [1.29, 1.82) is 0 Å². The number of rotatable bonds is 6. The fourth-order valence-electron chi connectivity index (χ4n) is 4.20. The molecule has 3 aromatic rings. The predicted octanol–water partition coefficient (Wildman–Crippen LogP) is 4.10. The number of fused-ring (bicyclic) bond motifs is 1. The van der Waals surface area contributed by atoms with Gasteiger partial charge in [0.2, 0.25) is 5.91 Å². The maximum atomic E-state index is 12.0. The number of thiazole rings is 1. The Balaban J connectivity index is 1.48. The zero-order valence-electron chi connectivity index (χ0n) is 18.5. The summed E-state index contributed by atoms with van der Waals surface area (Å²) < 4.78 is 7.72. The van der Waals surface area contributed by atoms with Crippen molar-refractivity contribution in [3.05, 3.63) is 58.2 Å². The summed E-state index contributed by atoms with van der Waals surface area (Å²) in [7, 11) is 0. The topological polar surface area (TPSA) is 75.9 Å². The van der Waals surface area contributed by atoms with Crippen LogP contribution in [0.2, 0.25) is 0 Å². The molecule has 2 aliphatic heterocycles. The number of carbonyl (C=O) groups is 2. The molecule has 0 unspecified atom stereocenters. The van der Waals surface area contributed by atoms with Gasteiger partial charge in [-0.2, -0.15) is 0 Å². The number of aryl methyl sites for hydroxylation is 1. The van der Waals surface area contributed by atoms with E-state index in [9.17, 15) is 9.59 Å². The summed E-state index contributed by atoms with van der Waals surface area (Å²) >= 11 is 1.59. The van der Waals surface area contributed by atoms with Gasteiger partial charge < -0.3 is 19.5 Å². The third-order valence-electron chi connectivity index (χ3n) is 5.95. The lowest BCUT2D eigenvalue weighted by Gasteiger charge is -2.19. The number of nitrogens with one attached hydrogen (secondary N) is 1. The van der Waals surface area contributed by atoms with Gasteiger partial charge >= 0.3 is 0 Å². The predicted molar refractivity (Wildman–Crippen MR) is 129 cm³/mol. The second-order valence-corrected chi connectivity index (χ2v) is 9.22. The Morgan fingerprint density at radius 3 is 2.76 bits per heavy atom. The number of ether oxygens (including phenoxy) is 1. The van der Waals surface area contributed by atoms with Crippen LogP contribution in [0, 0.1) is 6.92 Å². The third-order valence-corrected chi connectivity index (χ3v) is 6.81. The molecule has 1 fully saturated rings. The van der Waals surface area contributed by atoms with Crippen LogP contribution in [0.3, 0.4) is 0 Å². The third kappa shape index (κ3) is 4.71. The summed E-state index contributed by atoms with van der Waals surface area (Å²) in [5.74, 6) is 0.779. The van der Waals surface area contributed by atoms with E-state index in [1.54, 1.807) is 11.3 Å². The summed E-state index contributed by atoms with van der Waals surface area (Å²) in [6.07, 6.45) is 2.46. The van der Waals surface area contributed by atoms with E-state index in [1.165, 1.54) is 5.56 Å². The van der Waals surface area contributed by atoms with Crippen LogP contribution < -0.4 is 14.9 Å². The fourth-order valence-corrected chi connectivity index (χ4v) is 5.15. The van der Waals surface area contributed by atoms with E-state index < -0.39 is 0 Å². The molecule has 0 atom stereocenters. The van der Waals surface area contributed by atoms with Gasteiger partial charge in [-0.15, -0.1) is 11.3 Å². The minimum Gasteiger partial charge on any atom is -0.482 e. The Labute approximate surface area is 196 Å². The van der Waals surface area contributed by atoms with E-state index in [1.807, 2.05) is 35.2 Å². The van der Waals surface area contributed by atoms with Crippen molar-refractivity contribution in [2.24, 2.45) is 4.99 Å². The molecule has 1 saturated heterocycles. The first-order valence-corrected chi connectivity index (χ1v) is 12.1. The molecule has 1 aromatic heterocycles. The number of likely N-dealkylation sites (tertiary alicyclic amines) is 1. The number of benzene rings is 2. The molecular weight excluding hydrogens is 436 g/mol. The SMILES string of the molecule is Cc1ccc(N=c2scc(-c3ccc4c(c3)NC(=O)CO4)n2CCCN2CCCC2=O)cc1. The molecule has 0 spiro atoms. The number of nitrogens with zero attached hydrogens (tertiary/aromatic N) is 3. The molecule has 2 aliphatic rings. The normalized spacial score (nSPS) is 16.0. The number of hydrogen-bond acceptors (Lipinski definition) is 5. The van der Waals surface area contributed by atoms with Crippen LogP contribution in [0.5, 0.6) is 5.75 Å². The molecule has 5 rings (SSSR count). The lowest BCUT2D eigenvalue weighted by molar-refractivity contribution is -0.127. The van der Waals surface area contributed by atoms with Gasteiger partial charge in [0.05, 0.1) is 17.1 Å². The zero-order valence-corrected chi connectivity index (χ0v) is 19.4. The molecule has 8 heteroatoms. The first kappa shape index (κ1) is 21.5. The highest BCUT2D eigenvalue weighted by Gasteiger charge is 2.20. The highest BCUT2D eigenvalue weighted by atomic mass is 32.1. The molecular formula is C25H26N4O3S. The second kappa shape index (κ2) is 9.23. The van der Waals surface area contributed by atoms with Gasteiger partial charge in [0.1, 0.15) is 5.75 Å². The number of hydrogen-bond donors (Lipinski definition) is 1. The standard InChI is InChI=1S/C25H26N4O3S/c1-17-5-8-19(9-6-17)26-25-29(13-3-12-28-11-2-4-24(28)31)21(16-33-25)18-7-10-22-20(14-18)27-23(30)15-32-22/h5-10,14,16H,2-4,11-13,15H2,1H3,(H,27,30). The molecule has 7 nitrogen and oxygen atoms in total. The van der Waals surface area contributed by atoms with Crippen LogP contribution in [0.15, 0.2) is 52.8 Å². The average molecular weight is 463 g/mol. The smallest absolute Gasteiger partial charge is 0.262 e. The lowest BCUT2D eigenvalue weighted by Crippen LogP contribution is -2.27. The van der Waals surface area contributed by atoms with Gasteiger partial charge in [-0.05, 0) is 50.1 Å². The van der Waals surface area contributed by atoms with Crippen molar-refractivity contribution in [2.75, 3.05) is 25.0 Å². The largest absolute Gasteiger partial charge is 0.482 e. The molecule has 1 N–H and O–H groups in total. The van der Waals surface area contributed by atoms with E-state index in [0.29, 0.717) is 17.9 Å². The molecule has 2 aromatic carbocycles. The zero-order chi connectivity index (χ0) is 22.8. The van der Waals surface area contributed by atoms with E-state index in [0.717, 1.165) is 54.2 Å². The van der Waals surface area contributed by atoms with Gasteiger partial charge in [0, 0.05) is 37.0 Å². The van der Waals surface area contributed by atoms with Crippen LogP contribution in [-0.4, -0.2) is 41.0 Å². The maximum absolute atomic E-state index is 12.0. The molecule has 0 radical (unpaired) electrons. The summed E-state index contributed by atoms with van der Waals surface area (Å²) in [5, 5.41) is 4.99. The average Bonchev–Trinajstić information content (AvgIpc) is 3.41. The number of amides is 2. The van der Waals surface area contributed by atoms with Gasteiger partial charge in [0.25, 0.3) is 5.91 Å². The summed E-state index contributed by atoms with van der Waals surface area (Å²) in [6, 6.07) is 14.0. The monoisotopic (exact) mass is 462 g/mol. The Bertz CT molecular complexity index is 1260. The summed E-state index contributed by atoms with van der Waals surface area (Å²) in [4.78, 5) is 31.5. The molecule has 170 valence electrons. The molecule has 0 aliphatic carbocycles. The number of carbonyl (C=O) groups excluding carboxylic acids is 2. The lowest BCUT2D eigenvalue weighted by atomic mass is 10.1. The Morgan fingerprint density at radius 2 is 1.97 bits per heavy atom. The summed E-state index contributed by atoms with van der Waals surface area (Å²) in [5.41, 5.74) is 4.80. The highest BCUT2D eigenvalue weighted by molar-refractivity contribution is 7.07. The quantitative estimate of drug-likeness (QED) is 0.599. The second-order valence-electron chi connectivity index (χ2n) is 8.39. The molecule has 0 bridgehead atoms. The van der Waals surface area contributed by atoms with Crippen LogP contribution in [-0.2, 0) is 16.1 Å². The van der Waals surface area contributed by atoms with Crippen molar-refractivity contribution >= 4 is 34.5 Å². The molecule has 2 amide bonds. The van der Waals surface area contributed by atoms with Crippen LogP contribution >= 0.6 is 11.3 Å².